The molecule has 3 heteroatoms. The van der Waals surface area contributed by atoms with Gasteiger partial charge < -0.3 is 10.1 Å². The van der Waals surface area contributed by atoms with Gasteiger partial charge >= 0.3 is 0 Å². The zero-order valence-electron chi connectivity index (χ0n) is 11.0. The van der Waals surface area contributed by atoms with Crippen LogP contribution in [0.1, 0.15) is 11.1 Å². The molecule has 1 aliphatic rings. The summed E-state index contributed by atoms with van der Waals surface area (Å²) in [5, 5.41) is 2.84. The van der Waals surface area contributed by atoms with Gasteiger partial charge in [0.1, 0.15) is 5.75 Å². The van der Waals surface area contributed by atoms with Gasteiger partial charge in [0, 0.05) is 0 Å². The zero-order valence-corrected chi connectivity index (χ0v) is 11.0. The lowest BCUT2D eigenvalue weighted by molar-refractivity contribution is -0.118. The Kier molecular flexibility index (Phi) is 2.75. The summed E-state index contributed by atoms with van der Waals surface area (Å²) < 4.78 is 5.37. The van der Waals surface area contributed by atoms with Gasteiger partial charge in [0.25, 0.3) is 5.91 Å². The van der Waals surface area contributed by atoms with Crippen LogP contribution in [0.3, 0.4) is 0 Å². The third kappa shape index (κ3) is 2.19. The third-order valence-corrected chi connectivity index (χ3v) is 3.32. The van der Waals surface area contributed by atoms with E-state index in [0.29, 0.717) is 0 Å². The molecule has 0 aromatic heterocycles. The molecule has 0 saturated heterocycles. The van der Waals surface area contributed by atoms with Crippen LogP contribution >= 0.6 is 0 Å². The van der Waals surface area contributed by atoms with Crippen LogP contribution in [0.2, 0.25) is 0 Å². The van der Waals surface area contributed by atoms with Crippen molar-refractivity contribution >= 4 is 11.6 Å². The van der Waals surface area contributed by atoms with E-state index in [-0.39, 0.29) is 12.5 Å². The molecule has 1 N–H and O–H groups in total. The van der Waals surface area contributed by atoms with E-state index in [1.807, 2.05) is 18.2 Å². The van der Waals surface area contributed by atoms with E-state index >= 15 is 0 Å². The number of nitrogens with one attached hydrogen (secondary N) is 1. The Morgan fingerprint density at radius 2 is 1.95 bits per heavy atom. The van der Waals surface area contributed by atoms with Gasteiger partial charge in [-0.05, 0) is 42.7 Å². The molecule has 0 atom stereocenters. The number of anilines is 1. The van der Waals surface area contributed by atoms with Gasteiger partial charge in [0.05, 0.1) is 5.69 Å². The number of benzene rings is 2. The Hall–Kier alpha value is -2.29. The van der Waals surface area contributed by atoms with E-state index in [4.69, 9.17) is 4.74 Å². The van der Waals surface area contributed by atoms with E-state index in [1.54, 1.807) is 0 Å². The highest BCUT2D eigenvalue weighted by Gasteiger charge is 2.16. The molecule has 1 amide bonds. The normalized spacial score (nSPS) is 13.5. The first-order valence-corrected chi connectivity index (χ1v) is 6.28. The molecule has 0 fully saturated rings. The maximum absolute atomic E-state index is 11.4. The Bertz CT molecular complexity index is 662. The quantitative estimate of drug-likeness (QED) is 0.846. The summed E-state index contributed by atoms with van der Waals surface area (Å²) in [4.78, 5) is 11.4. The second-order valence-corrected chi connectivity index (χ2v) is 4.87. The topological polar surface area (TPSA) is 38.3 Å². The minimum atomic E-state index is -0.106. The molecule has 0 radical (unpaired) electrons. The maximum Gasteiger partial charge on any atom is 0.262 e. The molecule has 0 aliphatic carbocycles. The van der Waals surface area contributed by atoms with E-state index in [0.717, 1.165) is 17.0 Å². The van der Waals surface area contributed by atoms with Gasteiger partial charge in [-0.3, -0.25) is 4.79 Å². The predicted octanol–water partition coefficient (Wildman–Crippen LogP) is 3.30. The number of fused-ring (bicyclic) bond motifs is 1. The lowest BCUT2D eigenvalue weighted by Gasteiger charge is -2.19. The number of hydrogen-bond acceptors (Lipinski definition) is 2. The summed E-state index contributed by atoms with van der Waals surface area (Å²) in [6, 6.07) is 12.3. The molecule has 19 heavy (non-hydrogen) atoms. The lowest BCUT2D eigenvalue weighted by Crippen LogP contribution is -2.25. The molecule has 0 unspecified atom stereocenters. The fraction of sp³-hybridized carbons (Fsp3) is 0.188. The summed E-state index contributed by atoms with van der Waals surface area (Å²) >= 11 is 0. The molecular formula is C16H15NO2. The molecule has 0 saturated carbocycles. The van der Waals surface area contributed by atoms with Crippen molar-refractivity contribution in [2.45, 2.75) is 13.8 Å². The molecule has 3 rings (SSSR count). The van der Waals surface area contributed by atoms with Crippen molar-refractivity contribution in [2.75, 3.05) is 11.9 Å². The van der Waals surface area contributed by atoms with Gasteiger partial charge in [0.2, 0.25) is 0 Å². The van der Waals surface area contributed by atoms with Crippen LogP contribution in [0.5, 0.6) is 5.75 Å². The van der Waals surface area contributed by atoms with Crippen molar-refractivity contribution in [3.8, 4) is 16.9 Å². The number of rotatable bonds is 1. The Labute approximate surface area is 112 Å². The summed E-state index contributed by atoms with van der Waals surface area (Å²) in [6.07, 6.45) is 0. The van der Waals surface area contributed by atoms with Gasteiger partial charge in [-0.1, -0.05) is 29.8 Å². The van der Waals surface area contributed by atoms with Gasteiger partial charge in [0.15, 0.2) is 6.61 Å². The molecule has 96 valence electrons. The zero-order chi connectivity index (χ0) is 13.4. The summed E-state index contributed by atoms with van der Waals surface area (Å²) in [7, 11) is 0. The number of hydrogen-bond donors (Lipinski definition) is 1. The van der Waals surface area contributed by atoms with Crippen LogP contribution in [0.4, 0.5) is 5.69 Å². The Morgan fingerprint density at radius 1 is 1.11 bits per heavy atom. The minimum Gasteiger partial charge on any atom is -0.482 e. The fourth-order valence-corrected chi connectivity index (χ4v) is 2.30. The predicted molar refractivity (Wildman–Crippen MR) is 75.5 cm³/mol. The molecule has 2 aromatic carbocycles. The van der Waals surface area contributed by atoms with Crippen LogP contribution < -0.4 is 10.1 Å². The van der Waals surface area contributed by atoms with Crippen LogP contribution in [0.25, 0.3) is 11.1 Å². The largest absolute Gasteiger partial charge is 0.482 e. The van der Waals surface area contributed by atoms with E-state index < -0.39 is 0 Å². The van der Waals surface area contributed by atoms with E-state index in [2.05, 4.69) is 37.4 Å². The van der Waals surface area contributed by atoms with Crippen LogP contribution in [-0.4, -0.2) is 12.5 Å². The number of amides is 1. The highest BCUT2D eigenvalue weighted by Crippen LogP contribution is 2.34. The SMILES string of the molecule is Cc1ccc(C)c(-c2ccc3c(c2)NC(=O)CO3)c1. The van der Waals surface area contributed by atoms with Crippen molar-refractivity contribution in [3.05, 3.63) is 47.5 Å². The van der Waals surface area contributed by atoms with Crippen molar-refractivity contribution < 1.29 is 9.53 Å². The summed E-state index contributed by atoms with van der Waals surface area (Å²) in [5.41, 5.74) is 5.45. The van der Waals surface area contributed by atoms with Gasteiger partial charge in [-0.2, -0.15) is 0 Å². The van der Waals surface area contributed by atoms with Crippen LogP contribution in [0.15, 0.2) is 36.4 Å². The monoisotopic (exact) mass is 253 g/mol. The first-order valence-electron chi connectivity index (χ1n) is 6.28. The van der Waals surface area contributed by atoms with Crippen LogP contribution in [0, 0.1) is 13.8 Å². The van der Waals surface area contributed by atoms with Crippen molar-refractivity contribution in [3.63, 3.8) is 0 Å². The first kappa shape index (κ1) is 11.8. The maximum atomic E-state index is 11.4. The summed E-state index contributed by atoms with van der Waals surface area (Å²) in [6.45, 7) is 4.26. The number of aryl methyl sites for hydroxylation is 2. The van der Waals surface area contributed by atoms with Crippen molar-refractivity contribution in [1.82, 2.24) is 0 Å². The van der Waals surface area contributed by atoms with Crippen molar-refractivity contribution in [1.29, 1.82) is 0 Å². The second kappa shape index (κ2) is 4.43. The van der Waals surface area contributed by atoms with Gasteiger partial charge in [-0.15, -0.1) is 0 Å². The van der Waals surface area contributed by atoms with Crippen LogP contribution in [-0.2, 0) is 4.79 Å². The number of carbonyl (C=O) groups excluding carboxylic acids is 1. The third-order valence-electron chi connectivity index (χ3n) is 3.32. The summed E-state index contributed by atoms with van der Waals surface area (Å²) in [5.74, 6) is 0.624. The van der Waals surface area contributed by atoms with E-state index in [9.17, 15) is 4.79 Å². The van der Waals surface area contributed by atoms with Gasteiger partial charge in [-0.25, -0.2) is 0 Å². The smallest absolute Gasteiger partial charge is 0.262 e. The fourth-order valence-electron chi connectivity index (χ4n) is 2.30. The standard InChI is InChI=1S/C16H15NO2/c1-10-3-4-11(2)13(7-10)12-5-6-15-14(8-12)17-16(18)9-19-15/h3-8H,9H2,1-2H3,(H,17,18). The average Bonchev–Trinajstić information content (AvgIpc) is 2.40. The molecule has 1 aliphatic heterocycles. The Balaban J connectivity index is 2.09. The van der Waals surface area contributed by atoms with E-state index in [1.165, 1.54) is 16.7 Å². The average molecular weight is 253 g/mol. The molecule has 0 bridgehead atoms. The molecular weight excluding hydrogens is 238 g/mol. The second-order valence-electron chi connectivity index (χ2n) is 4.87. The minimum absolute atomic E-state index is 0.0931. The lowest BCUT2D eigenvalue weighted by atomic mass is 9.98. The molecule has 1 heterocycles. The highest BCUT2D eigenvalue weighted by atomic mass is 16.5. The highest BCUT2D eigenvalue weighted by molar-refractivity contribution is 5.96. The molecule has 2 aromatic rings. The molecule has 3 nitrogen and oxygen atoms in total. The molecule has 0 spiro atoms. The first-order chi connectivity index (χ1) is 9.13. The Morgan fingerprint density at radius 3 is 2.79 bits per heavy atom. The number of carbonyl (C=O) groups is 1. The van der Waals surface area contributed by atoms with Crippen molar-refractivity contribution in [2.24, 2.45) is 0 Å². The number of ether oxygens (including phenoxy) is 1.